The third kappa shape index (κ3) is 4.90. The van der Waals surface area contributed by atoms with Crippen LogP contribution in [0.25, 0.3) is 0 Å². The molecule has 3 N–H and O–H groups in total. The van der Waals surface area contributed by atoms with Gasteiger partial charge in [-0.15, -0.1) is 0 Å². The summed E-state index contributed by atoms with van der Waals surface area (Å²) >= 11 is 0. The number of hydrogen-bond acceptors (Lipinski definition) is 5. The zero-order valence-electron chi connectivity index (χ0n) is 14.5. The first-order valence-corrected chi connectivity index (χ1v) is 8.97. The molecule has 2 fully saturated rings. The Labute approximate surface area is 147 Å². The summed E-state index contributed by atoms with van der Waals surface area (Å²) in [4.78, 5) is 12.5. The molecule has 7 heteroatoms. The molecule has 2 saturated heterocycles. The number of benzene rings is 1. The van der Waals surface area contributed by atoms with Gasteiger partial charge in [0, 0.05) is 18.5 Å². The van der Waals surface area contributed by atoms with Crippen molar-refractivity contribution < 1.29 is 18.7 Å². The topological polar surface area (TPSA) is 71.6 Å². The highest BCUT2D eigenvalue weighted by atomic mass is 19.1. The van der Waals surface area contributed by atoms with Gasteiger partial charge in [0.2, 0.25) is 5.91 Å². The Morgan fingerprint density at radius 3 is 3.12 bits per heavy atom. The molecule has 2 aliphatic heterocycles. The highest BCUT2D eigenvalue weighted by molar-refractivity contribution is 5.82. The van der Waals surface area contributed by atoms with E-state index in [0.29, 0.717) is 31.4 Å². The zero-order chi connectivity index (χ0) is 17.6. The van der Waals surface area contributed by atoms with Crippen LogP contribution in [0.5, 0.6) is 5.75 Å². The van der Waals surface area contributed by atoms with Gasteiger partial charge in [-0.05, 0) is 25.0 Å². The molecule has 138 valence electrons. The molecule has 2 heterocycles. The van der Waals surface area contributed by atoms with Gasteiger partial charge in [0.1, 0.15) is 23.7 Å². The van der Waals surface area contributed by atoms with E-state index in [-0.39, 0.29) is 29.9 Å². The smallest absolute Gasteiger partial charge is 0.238 e. The van der Waals surface area contributed by atoms with Crippen LogP contribution in [-0.2, 0) is 9.53 Å². The van der Waals surface area contributed by atoms with E-state index < -0.39 is 0 Å². The van der Waals surface area contributed by atoms with Crippen LogP contribution in [0.1, 0.15) is 32.6 Å². The van der Waals surface area contributed by atoms with E-state index in [1.165, 1.54) is 12.1 Å². The summed E-state index contributed by atoms with van der Waals surface area (Å²) in [6.45, 7) is 3.08. The van der Waals surface area contributed by atoms with Crippen molar-refractivity contribution in [1.29, 1.82) is 0 Å². The fraction of sp³-hybridized carbons (Fsp3) is 0.611. The summed E-state index contributed by atoms with van der Waals surface area (Å²) in [5, 5.41) is 3.02. The Morgan fingerprint density at radius 2 is 2.32 bits per heavy atom. The van der Waals surface area contributed by atoms with Crippen molar-refractivity contribution >= 4 is 5.91 Å². The quantitative estimate of drug-likeness (QED) is 0.725. The number of carbonyl (C=O) groups is 1. The molecule has 0 radical (unpaired) electrons. The van der Waals surface area contributed by atoms with E-state index in [1.807, 2.05) is 0 Å². The number of nitrogens with one attached hydrogen (secondary N) is 3. The van der Waals surface area contributed by atoms with Gasteiger partial charge in [-0.25, -0.2) is 9.82 Å². The maximum atomic E-state index is 13.3. The van der Waals surface area contributed by atoms with Gasteiger partial charge < -0.3 is 14.8 Å². The second kappa shape index (κ2) is 8.60. The minimum Gasteiger partial charge on any atom is -0.488 e. The van der Waals surface area contributed by atoms with Crippen LogP contribution in [0.4, 0.5) is 4.39 Å². The summed E-state index contributed by atoms with van der Waals surface area (Å²) in [6, 6.07) is 5.87. The molecule has 0 bridgehead atoms. The van der Waals surface area contributed by atoms with Crippen LogP contribution < -0.4 is 20.9 Å². The maximum absolute atomic E-state index is 13.3. The molecule has 6 nitrogen and oxygen atoms in total. The Morgan fingerprint density at radius 1 is 1.44 bits per heavy atom. The number of rotatable bonds is 6. The normalized spacial score (nSPS) is 29.4. The lowest BCUT2D eigenvalue weighted by atomic mass is 10.0. The average Bonchev–Trinajstić information content (AvgIpc) is 3.06. The minimum atomic E-state index is -0.339. The van der Waals surface area contributed by atoms with E-state index in [1.54, 1.807) is 12.1 Å². The van der Waals surface area contributed by atoms with Gasteiger partial charge in [-0.1, -0.05) is 19.4 Å². The third-order valence-corrected chi connectivity index (χ3v) is 4.64. The van der Waals surface area contributed by atoms with Crippen molar-refractivity contribution in [3.05, 3.63) is 30.1 Å². The molecule has 2 unspecified atom stereocenters. The lowest BCUT2D eigenvalue weighted by Gasteiger charge is -2.33. The fourth-order valence-electron chi connectivity index (χ4n) is 3.32. The average molecular weight is 351 g/mol. The van der Waals surface area contributed by atoms with Gasteiger partial charge in [0.25, 0.3) is 0 Å². The molecular formula is C18H26FN3O3. The third-order valence-electron chi connectivity index (χ3n) is 4.64. The monoisotopic (exact) mass is 351 g/mol. The van der Waals surface area contributed by atoms with Crippen molar-refractivity contribution in [2.24, 2.45) is 0 Å². The molecule has 4 atom stereocenters. The van der Waals surface area contributed by atoms with Crippen LogP contribution >= 0.6 is 0 Å². The van der Waals surface area contributed by atoms with Gasteiger partial charge >= 0.3 is 0 Å². The maximum Gasteiger partial charge on any atom is 0.238 e. The first-order valence-electron chi connectivity index (χ1n) is 8.97. The Hall–Kier alpha value is -1.70. The largest absolute Gasteiger partial charge is 0.488 e. The number of ether oxygens (including phenoxy) is 2. The van der Waals surface area contributed by atoms with Crippen LogP contribution in [0.15, 0.2) is 24.3 Å². The molecular weight excluding hydrogens is 325 g/mol. The van der Waals surface area contributed by atoms with E-state index in [0.717, 1.165) is 19.3 Å². The molecule has 1 amide bonds. The van der Waals surface area contributed by atoms with Crippen molar-refractivity contribution in [2.75, 3.05) is 13.2 Å². The highest BCUT2D eigenvalue weighted by Gasteiger charge is 2.34. The van der Waals surface area contributed by atoms with Crippen LogP contribution in [0.3, 0.4) is 0 Å². The minimum absolute atomic E-state index is 0.0607. The Bertz CT molecular complexity index is 586. The number of carbonyl (C=O) groups excluding carboxylic acids is 1. The standard InChI is InChI=1S/C18H26FN3O3/c1-2-4-13-10-15(22-21-13)18(23)20-16-11-24-8-7-17(16)25-14-6-3-5-12(19)9-14/h3,5-6,9,13,15-17,21-22H,2,4,7-8,10-11H2,1H3,(H,20,23)/t13?,15?,16-,17+/m1/s1. The van der Waals surface area contributed by atoms with Crippen molar-refractivity contribution in [1.82, 2.24) is 16.2 Å². The predicted octanol–water partition coefficient (Wildman–Crippen LogP) is 1.51. The number of amides is 1. The molecule has 3 rings (SSSR count). The van der Waals surface area contributed by atoms with Crippen molar-refractivity contribution in [3.63, 3.8) is 0 Å². The number of hydrazine groups is 1. The first kappa shape index (κ1) is 18.1. The van der Waals surface area contributed by atoms with E-state index in [2.05, 4.69) is 23.1 Å². The predicted molar refractivity (Wildman–Crippen MR) is 91.6 cm³/mol. The summed E-state index contributed by atoms with van der Waals surface area (Å²) in [7, 11) is 0. The SMILES string of the molecule is CCCC1CC(C(=O)N[C@@H]2COCC[C@@H]2Oc2cccc(F)c2)NN1. The summed E-state index contributed by atoms with van der Waals surface area (Å²) < 4.78 is 24.7. The lowest BCUT2D eigenvalue weighted by molar-refractivity contribution is -0.126. The Kier molecular flexibility index (Phi) is 6.23. The fourth-order valence-corrected chi connectivity index (χ4v) is 3.32. The van der Waals surface area contributed by atoms with Gasteiger partial charge in [0.15, 0.2) is 0 Å². The second-order valence-corrected chi connectivity index (χ2v) is 6.65. The Balaban J connectivity index is 1.56. The summed E-state index contributed by atoms with van der Waals surface area (Å²) in [5.41, 5.74) is 6.23. The molecule has 0 aliphatic carbocycles. The van der Waals surface area contributed by atoms with E-state index in [9.17, 15) is 9.18 Å². The molecule has 0 spiro atoms. The number of hydrogen-bond donors (Lipinski definition) is 3. The van der Waals surface area contributed by atoms with Gasteiger partial charge in [-0.3, -0.25) is 10.2 Å². The summed E-state index contributed by atoms with van der Waals surface area (Å²) in [6.07, 6.45) is 3.29. The number of halogens is 1. The first-order chi connectivity index (χ1) is 12.2. The van der Waals surface area contributed by atoms with Crippen LogP contribution in [0.2, 0.25) is 0 Å². The highest BCUT2D eigenvalue weighted by Crippen LogP contribution is 2.20. The van der Waals surface area contributed by atoms with Crippen LogP contribution in [0, 0.1) is 5.82 Å². The van der Waals surface area contributed by atoms with Gasteiger partial charge in [-0.2, -0.15) is 0 Å². The second-order valence-electron chi connectivity index (χ2n) is 6.65. The van der Waals surface area contributed by atoms with Crippen LogP contribution in [-0.4, -0.2) is 43.4 Å². The molecule has 1 aromatic rings. The molecule has 25 heavy (non-hydrogen) atoms. The zero-order valence-corrected chi connectivity index (χ0v) is 14.5. The van der Waals surface area contributed by atoms with Gasteiger partial charge in [0.05, 0.1) is 19.3 Å². The molecule has 0 aromatic heterocycles. The van der Waals surface area contributed by atoms with E-state index >= 15 is 0 Å². The lowest BCUT2D eigenvalue weighted by Crippen LogP contribution is -2.55. The molecule has 1 aromatic carbocycles. The van der Waals surface area contributed by atoms with E-state index in [4.69, 9.17) is 9.47 Å². The summed E-state index contributed by atoms with van der Waals surface area (Å²) in [5.74, 6) is 0.0672. The van der Waals surface area contributed by atoms with Crippen molar-refractivity contribution in [2.45, 2.75) is 56.8 Å². The van der Waals surface area contributed by atoms with Crippen molar-refractivity contribution in [3.8, 4) is 5.75 Å². The molecule has 0 saturated carbocycles. The molecule has 2 aliphatic rings.